The van der Waals surface area contributed by atoms with E-state index in [9.17, 15) is 19.1 Å². The van der Waals surface area contributed by atoms with Crippen LogP contribution < -0.4 is 5.56 Å². The average Bonchev–Trinajstić information content (AvgIpc) is 3.05. The van der Waals surface area contributed by atoms with Crippen LogP contribution in [0.15, 0.2) is 47.4 Å². The number of pyridine rings is 1. The number of likely N-dealkylation sites (tertiary alicyclic amines) is 1. The van der Waals surface area contributed by atoms with Crippen LogP contribution in [0.3, 0.4) is 0 Å². The van der Waals surface area contributed by atoms with E-state index in [4.69, 9.17) is 0 Å². The van der Waals surface area contributed by atoms with E-state index in [0.717, 1.165) is 17.5 Å². The number of nitrogens with one attached hydrogen (secondary N) is 1. The first kappa shape index (κ1) is 17.2. The summed E-state index contributed by atoms with van der Waals surface area (Å²) in [6.45, 7) is 1.81. The van der Waals surface area contributed by atoms with Crippen LogP contribution >= 0.6 is 0 Å². The second-order valence-electron chi connectivity index (χ2n) is 7.83. The fourth-order valence-corrected chi connectivity index (χ4v) is 4.98. The van der Waals surface area contributed by atoms with Gasteiger partial charge in [0, 0.05) is 60.0 Å². The van der Waals surface area contributed by atoms with Crippen LogP contribution in [0.1, 0.15) is 29.6 Å². The Balaban J connectivity index is 1.54. The summed E-state index contributed by atoms with van der Waals surface area (Å²) < 4.78 is 15.3. The zero-order valence-electron chi connectivity index (χ0n) is 15.1. The zero-order valence-corrected chi connectivity index (χ0v) is 15.1. The number of aliphatic carboxylic acids is 1. The highest BCUT2D eigenvalue weighted by atomic mass is 19.1. The molecular weight excluding hydrogens is 361 g/mol. The molecule has 2 N–H and O–H groups in total. The number of H-pyrrole nitrogens is 1. The fourth-order valence-electron chi connectivity index (χ4n) is 4.98. The number of benzene rings is 1. The Bertz CT molecular complexity index is 1140. The third-order valence-corrected chi connectivity index (χ3v) is 6.08. The van der Waals surface area contributed by atoms with Gasteiger partial charge in [0.1, 0.15) is 11.9 Å². The van der Waals surface area contributed by atoms with E-state index in [0.29, 0.717) is 30.7 Å². The van der Waals surface area contributed by atoms with Crippen molar-refractivity contribution in [2.24, 2.45) is 5.92 Å². The first-order valence-electron chi connectivity index (χ1n) is 9.44. The highest BCUT2D eigenvalue weighted by Crippen LogP contribution is 2.39. The van der Waals surface area contributed by atoms with Crippen molar-refractivity contribution in [2.75, 3.05) is 13.1 Å². The molecule has 144 valence electrons. The van der Waals surface area contributed by atoms with Gasteiger partial charge in [0.2, 0.25) is 0 Å². The van der Waals surface area contributed by atoms with E-state index < -0.39 is 12.0 Å². The summed E-state index contributed by atoms with van der Waals surface area (Å²) in [7, 11) is 0. The summed E-state index contributed by atoms with van der Waals surface area (Å²) in [5, 5.41) is 10.8. The maximum Gasteiger partial charge on any atom is 0.325 e. The van der Waals surface area contributed by atoms with Crippen molar-refractivity contribution in [2.45, 2.75) is 24.9 Å². The molecule has 0 amide bonds. The number of rotatable bonds is 3. The number of carbonyl (C=O) groups is 1. The lowest BCUT2D eigenvalue weighted by Crippen LogP contribution is -2.49. The van der Waals surface area contributed by atoms with E-state index >= 15 is 0 Å². The van der Waals surface area contributed by atoms with E-state index in [1.807, 2.05) is 15.5 Å². The van der Waals surface area contributed by atoms with Crippen LogP contribution in [0, 0.1) is 11.7 Å². The van der Waals surface area contributed by atoms with E-state index in [1.165, 1.54) is 12.1 Å². The van der Waals surface area contributed by atoms with Crippen LogP contribution in [-0.4, -0.2) is 38.6 Å². The first-order chi connectivity index (χ1) is 13.5. The van der Waals surface area contributed by atoms with Crippen molar-refractivity contribution in [3.05, 3.63) is 70.0 Å². The number of nitrogens with zero attached hydrogens (tertiary/aromatic N) is 2. The Kier molecular flexibility index (Phi) is 3.87. The van der Waals surface area contributed by atoms with Crippen LogP contribution in [0.5, 0.6) is 0 Å². The lowest BCUT2D eigenvalue weighted by atomic mass is 9.82. The number of aromatic amines is 1. The number of piperidine rings is 1. The lowest BCUT2D eigenvalue weighted by molar-refractivity contribution is -0.144. The van der Waals surface area contributed by atoms with Gasteiger partial charge in [0.25, 0.3) is 5.56 Å². The third-order valence-electron chi connectivity index (χ3n) is 6.08. The maximum absolute atomic E-state index is 13.5. The van der Waals surface area contributed by atoms with E-state index in [2.05, 4.69) is 4.98 Å². The van der Waals surface area contributed by atoms with Gasteiger partial charge in [-0.1, -0.05) is 6.07 Å². The van der Waals surface area contributed by atoms with Gasteiger partial charge in [-0.15, -0.1) is 0 Å². The molecule has 0 unspecified atom stereocenters. The monoisotopic (exact) mass is 381 g/mol. The predicted octanol–water partition coefficient (Wildman–Crippen LogP) is 2.71. The Morgan fingerprint density at radius 1 is 1.21 bits per heavy atom. The summed E-state index contributed by atoms with van der Waals surface area (Å²) in [5.41, 5.74) is 2.23. The van der Waals surface area contributed by atoms with Gasteiger partial charge in [0.15, 0.2) is 0 Å². The summed E-state index contributed by atoms with van der Waals surface area (Å²) in [4.78, 5) is 29.4. The van der Waals surface area contributed by atoms with Gasteiger partial charge in [-0.05, 0) is 36.6 Å². The van der Waals surface area contributed by atoms with Crippen molar-refractivity contribution in [1.82, 2.24) is 14.5 Å². The summed E-state index contributed by atoms with van der Waals surface area (Å²) in [6.07, 6.45) is 2.64. The Hall–Kier alpha value is -2.93. The second kappa shape index (κ2) is 6.31. The number of carboxylic acids is 1. The molecule has 3 atom stereocenters. The zero-order chi connectivity index (χ0) is 19.4. The topological polar surface area (TPSA) is 78.3 Å². The SMILES string of the molecule is O=C(O)[C@H](c1c[nH]c2cc(F)ccc12)N1C[C@@H]2C[C@@H](C1)c1cccc(=O)n1C2. The van der Waals surface area contributed by atoms with Crippen LogP contribution in [-0.2, 0) is 11.3 Å². The largest absolute Gasteiger partial charge is 0.480 e. The molecule has 5 rings (SSSR count). The molecule has 2 aromatic heterocycles. The van der Waals surface area contributed by atoms with Gasteiger partial charge >= 0.3 is 5.97 Å². The summed E-state index contributed by atoms with van der Waals surface area (Å²) in [5.74, 6) is -0.917. The minimum atomic E-state index is -0.921. The summed E-state index contributed by atoms with van der Waals surface area (Å²) in [6, 6.07) is 8.87. The lowest BCUT2D eigenvalue weighted by Gasteiger charge is -2.44. The highest BCUT2D eigenvalue weighted by molar-refractivity contribution is 5.89. The molecule has 3 aromatic rings. The number of hydrogen-bond donors (Lipinski definition) is 2. The quantitative estimate of drug-likeness (QED) is 0.731. The van der Waals surface area contributed by atoms with Crippen molar-refractivity contribution in [1.29, 1.82) is 0 Å². The van der Waals surface area contributed by atoms with Crippen molar-refractivity contribution in [3.63, 3.8) is 0 Å². The van der Waals surface area contributed by atoms with E-state index in [-0.39, 0.29) is 23.2 Å². The molecule has 0 spiro atoms. The number of hydrogen-bond acceptors (Lipinski definition) is 3. The highest BCUT2D eigenvalue weighted by Gasteiger charge is 2.40. The molecule has 28 heavy (non-hydrogen) atoms. The Labute approximate surface area is 160 Å². The molecule has 0 saturated carbocycles. The van der Waals surface area contributed by atoms with Crippen LogP contribution in [0.25, 0.3) is 10.9 Å². The first-order valence-corrected chi connectivity index (χ1v) is 9.44. The number of fused-ring (bicyclic) bond motifs is 5. The maximum atomic E-state index is 13.5. The molecule has 2 aliphatic rings. The smallest absolute Gasteiger partial charge is 0.325 e. The number of halogens is 1. The molecule has 2 aliphatic heterocycles. The fraction of sp³-hybridized carbons (Fsp3) is 0.333. The minimum absolute atomic E-state index is 0.00842. The molecule has 1 saturated heterocycles. The molecule has 2 bridgehead atoms. The van der Waals surface area contributed by atoms with E-state index in [1.54, 1.807) is 24.4 Å². The normalized spacial score (nSPS) is 22.8. The average molecular weight is 381 g/mol. The predicted molar refractivity (Wildman–Crippen MR) is 102 cm³/mol. The molecule has 4 heterocycles. The van der Waals surface area contributed by atoms with Crippen molar-refractivity contribution >= 4 is 16.9 Å². The minimum Gasteiger partial charge on any atom is -0.480 e. The third kappa shape index (κ3) is 2.65. The molecule has 6 nitrogen and oxygen atoms in total. The van der Waals surface area contributed by atoms with Gasteiger partial charge < -0.3 is 14.7 Å². The van der Waals surface area contributed by atoms with Crippen molar-refractivity contribution < 1.29 is 14.3 Å². The molecule has 1 fully saturated rings. The molecule has 1 aromatic carbocycles. The second-order valence-corrected chi connectivity index (χ2v) is 7.83. The molecular formula is C21H20FN3O3. The Morgan fingerprint density at radius 3 is 2.89 bits per heavy atom. The summed E-state index contributed by atoms with van der Waals surface area (Å²) >= 11 is 0. The van der Waals surface area contributed by atoms with Gasteiger partial charge in [0.05, 0.1) is 0 Å². The molecule has 0 radical (unpaired) electrons. The van der Waals surface area contributed by atoms with Gasteiger partial charge in [-0.3, -0.25) is 14.5 Å². The van der Waals surface area contributed by atoms with Crippen LogP contribution in [0.2, 0.25) is 0 Å². The van der Waals surface area contributed by atoms with Gasteiger partial charge in [-0.25, -0.2) is 4.39 Å². The number of carboxylic acid groups (broad SMARTS) is 1. The number of aromatic nitrogens is 2. The standard InChI is InChI=1S/C21H20FN3O3/c22-14-4-5-15-16(8-23-17(15)7-14)20(21(27)28)24-9-12-6-13(11-24)18-2-1-3-19(26)25(18)10-12/h1-5,7-8,12-13,20,23H,6,9-11H2,(H,27,28)/t12-,13-,20-/m0/s1. The molecule has 7 heteroatoms. The van der Waals surface area contributed by atoms with Crippen molar-refractivity contribution in [3.8, 4) is 0 Å². The Morgan fingerprint density at radius 2 is 2.07 bits per heavy atom. The van der Waals surface area contributed by atoms with Gasteiger partial charge in [-0.2, -0.15) is 0 Å². The molecule has 0 aliphatic carbocycles. The van der Waals surface area contributed by atoms with Crippen LogP contribution in [0.4, 0.5) is 4.39 Å².